The molecule has 28 heavy (non-hydrogen) atoms. The minimum atomic E-state index is -3.63. The van der Waals surface area contributed by atoms with Crippen molar-refractivity contribution in [3.63, 3.8) is 0 Å². The summed E-state index contributed by atoms with van der Waals surface area (Å²) in [6.07, 6.45) is 0. The maximum atomic E-state index is 13.7. The van der Waals surface area contributed by atoms with Crippen LogP contribution in [-0.4, -0.2) is 36.7 Å². The summed E-state index contributed by atoms with van der Waals surface area (Å²) in [7, 11) is -3.63. The molecule has 0 aliphatic carbocycles. The van der Waals surface area contributed by atoms with E-state index in [1.807, 2.05) is 0 Å². The fraction of sp³-hybridized carbons (Fsp3) is 0.222. The molecule has 1 heterocycles. The van der Waals surface area contributed by atoms with Gasteiger partial charge < -0.3 is 0 Å². The predicted molar refractivity (Wildman–Crippen MR) is 104 cm³/mol. The zero-order valence-electron chi connectivity index (χ0n) is 15.1. The summed E-state index contributed by atoms with van der Waals surface area (Å²) >= 11 is 1.02. The van der Waals surface area contributed by atoms with E-state index in [9.17, 15) is 22.0 Å². The summed E-state index contributed by atoms with van der Waals surface area (Å²) in [5, 5.41) is 2.47. The van der Waals surface area contributed by atoms with Gasteiger partial charge in [0.25, 0.3) is 5.91 Å². The average molecular weight is 425 g/mol. The predicted octanol–water partition coefficient (Wildman–Crippen LogP) is 3.86. The molecule has 0 fully saturated rings. The molecule has 1 amide bonds. The van der Waals surface area contributed by atoms with Crippen molar-refractivity contribution in [2.24, 2.45) is 0 Å². The molecule has 1 aromatic heterocycles. The molecule has 3 rings (SSSR count). The molecule has 0 radical (unpaired) electrons. The second-order valence-electron chi connectivity index (χ2n) is 5.79. The average Bonchev–Trinajstić information content (AvgIpc) is 3.03. The van der Waals surface area contributed by atoms with Crippen LogP contribution in [0, 0.1) is 11.6 Å². The highest BCUT2D eigenvalue weighted by Gasteiger charge is 2.23. The Hall–Kier alpha value is -2.43. The molecule has 10 heteroatoms. The Bertz CT molecular complexity index is 1120. The van der Waals surface area contributed by atoms with E-state index in [4.69, 9.17) is 0 Å². The summed E-state index contributed by atoms with van der Waals surface area (Å²) in [6, 6.07) is 7.58. The van der Waals surface area contributed by atoms with E-state index < -0.39 is 33.1 Å². The van der Waals surface area contributed by atoms with Crippen LogP contribution in [0.4, 0.5) is 13.9 Å². The normalized spacial score (nSPS) is 11.9. The molecule has 0 spiro atoms. The standard InChI is InChI=1S/C18H17F2N3O3S2/c1-3-23(4-2)28(25,26)11-8-9-14-15(10-11)27-18(21-14)22-17(24)16-12(19)6-5-7-13(16)20/h5-10H,3-4H2,1-2H3,(H,21,22,24). The number of anilines is 1. The SMILES string of the molecule is CCN(CC)S(=O)(=O)c1ccc2nc(NC(=O)c3c(F)cccc3F)sc2c1. The number of benzene rings is 2. The minimum Gasteiger partial charge on any atom is -0.298 e. The van der Waals surface area contributed by atoms with Crippen LogP contribution in [0.5, 0.6) is 0 Å². The van der Waals surface area contributed by atoms with Gasteiger partial charge in [-0.2, -0.15) is 4.31 Å². The molecule has 6 nitrogen and oxygen atoms in total. The minimum absolute atomic E-state index is 0.111. The van der Waals surface area contributed by atoms with E-state index in [0.29, 0.717) is 23.3 Å². The lowest BCUT2D eigenvalue weighted by atomic mass is 10.2. The van der Waals surface area contributed by atoms with Gasteiger partial charge in [-0.3, -0.25) is 10.1 Å². The number of amides is 1. The molecular formula is C18H17F2N3O3S2. The van der Waals surface area contributed by atoms with Crippen molar-refractivity contribution in [3.05, 3.63) is 53.6 Å². The molecule has 0 bridgehead atoms. The van der Waals surface area contributed by atoms with Crippen LogP contribution < -0.4 is 5.32 Å². The first-order valence-corrected chi connectivity index (χ1v) is 10.7. The van der Waals surface area contributed by atoms with E-state index in [0.717, 1.165) is 29.5 Å². The summed E-state index contributed by atoms with van der Waals surface area (Å²) < 4.78 is 54.6. The molecule has 0 aliphatic heterocycles. The molecular weight excluding hydrogens is 408 g/mol. The van der Waals surface area contributed by atoms with Gasteiger partial charge in [-0.25, -0.2) is 22.2 Å². The summed E-state index contributed by atoms with van der Waals surface area (Å²) in [5.74, 6) is -2.93. The van der Waals surface area contributed by atoms with Gasteiger partial charge in [-0.05, 0) is 30.3 Å². The van der Waals surface area contributed by atoms with Gasteiger partial charge in [-0.15, -0.1) is 0 Å². The molecule has 2 aromatic carbocycles. The van der Waals surface area contributed by atoms with Crippen molar-refractivity contribution in [2.45, 2.75) is 18.7 Å². The zero-order chi connectivity index (χ0) is 20.5. The molecule has 0 aliphatic rings. The highest BCUT2D eigenvalue weighted by Crippen LogP contribution is 2.29. The van der Waals surface area contributed by atoms with Crippen LogP contribution in [0.1, 0.15) is 24.2 Å². The third-order valence-electron chi connectivity index (χ3n) is 4.11. The Labute approximate surface area is 164 Å². The van der Waals surface area contributed by atoms with E-state index >= 15 is 0 Å². The summed E-state index contributed by atoms with van der Waals surface area (Å²) in [4.78, 5) is 16.5. The van der Waals surface area contributed by atoms with Gasteiger partial charge in [0, 0.05) is 13.1 Å². The molecule has 0 atom stereocenters. The number of hydrogen-bond donors (Lipinski definition) is 1. The zero-order valence-corrected chi connectivity index (χ0v) is 16.7. The van der Waals surface area contributed by atoms with Crippen molar-refractivity contribution < 1.29 is 22.0 Å². The number of fused-ring (bicyclic) bond motifs is 1. The molecule has 148 valence electrons. The molecule has 0 saturated carbocycles. The second kappa shape index (κ2) is 7.90. The van der Waals surface area contributed by atoms with E-state index in [2.05, 4.69) is 10.3 Å². The van der Waals surface area contributed by atoms with Gasteiger partial charge in [-0.1, -0.05) is 31.3 Å². The number of rotatable bonds is 6. The van der Waals surface area contributed by atoms with Gasteiger partial charge >= 0.3 is 0 Å². The first kappa shape index (κ1) is 20.3. The number of sulfonamides is 1. The molecule has 0 unspecified atom stereocenters. The third kappa shape index (κ3) is 3.75. The molecule has 1 N–H and O–H groups in total. The number of carbonyl (C=O) groups excluding carboxylic acids is 1. The first-order chi connectivity index (χ1) is 13.3. The number of aromatic nitrogens is 1. The van der Waals surface area contributed by atoms with Gasteiger partial charge in [0.15, 0.2) is 5.13 Å². The van der Waals surface area contributed by atoms with Crippen LogP contribution in [0.2, 0.25) is 0 Å². The summed E-state index contributed by atoms with van der Waals surface area (Å²) in [6.45, 7) is 4.19. The maximum Gasteiger partial charge on any atom is 0.263 e. The fourth-order valence-corrected chi connectivity index (χ4v) is 5.17. The summed E-state index contributed by atoms with van der Waals surface area (Å²) in [5.41, 5.74) is -0.237. The second-order valence-corrected chi connectivity index (χ2v) is 8.76. The molecule has 3 aromatic rings. The quantitative estimate of drug-likeness (QED) is 0.651. The highest BCUT2D eigenvalue weighted by atomic mass is 32.2. The fourth-order valence-electron chi connectivity index (χ4n) is 2.71. The first-order valence-electron chi connectivity index (χ1n) is 8.44. The Morgan fingerprint density at radius 1 is 1.14 bits per heavy atom. The van der Waals surface area contributed by atoms with Crippen LogP contribution in [0.25, 0.3) is 10.2 Å². The Balaban J connectivity index is 1.92. The highest BCUT2D eigenvalue weighted by molar-refractivity contribution is 7.89. The van der Waals surface area contributed by atoms with Crippen molar-refractivity contribution in [3.8, 4) is 0 Å². The number of carbonyl (C=O) groups is 1. The number of thiazole rings is 1. The topological polar surface area (TPSA) is 79.4 Å². The smallest absolute Gasteiger partial charge is 0.263 e. The third-order valence-corrected chi connectivity index (χ3v) is 7.09. The van der Waals surface area contributed by atoms with E-state index in [1.54, 1.807) is 13.8 Å². The van der Waals surface area contributed by atoms with Crippen molar-refractivity contribution in [1.29, 1.82) is 0 Å². The van der Waals surface area contributed by atoms with Crippen LogP contribution in [0.3, 0.4) is 0 Å². The number of hydrogen-bond acceptors (Lipinski definition) is 5. The number of nitrogens with one attached hydrogen (secondary N) is 1. The van der Waals surface area contributed by atoms with E-state index in [1.165, 1.54) is 22.5 Å². The Morgan fingerprint density at radius 3 is 2.39 bits per heavy atom. The Morgan fingerprint density at radius 2 is 1.79 bits per heavy atom. The van der Waals surface area contributed by atoms with Crippen molar-refractivity contribution >= 4 is 42.6 Å². The largest absolute Gasteiger partial charge is 0.298 e. The van der Waals surface area contributed by atoms with Gasteiger partial charge in [0.1, 0.15) is 17.2 Å². The lowest BCUT2D eigenvalue weighted by Gasteiger charge is -2.18. The van der Waals surface area contributed by atoms with Gasteiger partial charge in [0.2, 0.25) is 10.0 Å². The van der Waals surface area contributed by atoms with Crippen molar-refractivity contribution in [1.82, 2.24) is 9.29 Å². The van der Waals surface area contributed by atoms with Crippen molar-refractivity contribution in [2.75, 3.05) is 18.4 Å². The Kier molecular flexibility index (Phi) is 5.73. The lowest BCUT2D eigenvalue weighted by molar-refractivity contribution is 0.101. The van der Waals surface area contributed by atoms with Crippen LogP contribution >= 0.6 is 11.3 Å². The van der Waals surface area contributed by atoms with Crippen LogP contribution in [0.15, 0.2) is 41.3 Å². The van der Waals surface area contributed by atoms with E-state index in [-0.39, 0.29) is 10.0 Å². The monoisotopic (exact) mass is 425 g/mol. The van der Waals surface area contributed by atoms with Crippen LogP contribution in [-0.2, 0) is 10.0 Å². The van der Waals surface area contributed by atoms with Gasteiger partial charge in [0.05, 0.1) is 15.1 Å². The molecule has 0 saturated heterocycles. The number of nitrogens with zero attached hydrogens (tertiary/aromatic N) is 2. The lowest BCUT2D eigenvalue weighted by Crippen LogP contribution is -2.30. The number of halogens is 2. The maximum absolute atomic E-state index is 13.7.